The van der Waals surface area contributed by atoms with Crippen molar-refractivity contribution in [1.82, 2.24) is 0 Å². The van der Waals surface area contributed by atoms with E-state index in [0.29, 0.717) is 11.3 Å². The van der Waals surface area contributed by atoms with Crippen LogP contribution in [0.15, 0.2) is 72.8 Å². The van der Waals surface area contributed by atoms with Crippen LogP contribution in [0.1, 0.15) is 75.6 Å². The van der Waals surface area contributed by atoms with E-state index in [1.807, 2.05) is 48.5 Å². The highest BCUT2D eigenvalue weighted by molar-refractivity contribution is 14.1. The van der Waals surface area contributed by atoms with Gasteiger partial charge in [0.05, 0.1) is 12.2 Å². The van der Waals surface area contributed by atoms with Crippen molar-refractivity contribution >= 4 is 28.6 Å². The second-order valence-electron chi connectivity index (χ2n) is 9.26. The first-order chi connectivity index (χ1) is 18.1. The van der Waals surface area contributed by atoms with Crippen LogP contribution in [0.4, 0.5) is 0 Å². The summed E-state index contributed by atoms with van der Waals surface area (Å²) < 4.78 is 18.4. The first kappa shape index (κ1) is 29.0. The lowest BCUT2D eigenvalue weighted by molar-refractivity contribution is 0.0734. The minimum absolute atomic E-state index is 0.191. The summed E-state index contributed by atoms with van der Waals surface area (Å²) in [6, 6.07) is 22.9. The van der Waals surface area contributed by atoms with Gasteiger partial charge in [0.2, 0.25) is 0 Å². The summed E-state index contributed by atoms with van der Waals surface area (Å²) in [5, 5.41) is 0. The Hall–Kier alpha value is -2.54. The van der Waals surface area contributed by atoms with Crippen molar-refractivity contribution in [3.8, 4) is 28.4 Å². The average Bonchev–Trinajstić information content (AvgIpc) is 2.93. The lowest BCUT2D eigenvalue weighted by Crippen LogP contribution is -2.17. The Bertz CT molecular complexity index is 1050. The van der Waals surface area contributed by atoms with Gasteiger partial charge in [-0.15, -0.1) is 0 Å². The fourth-order valence-corrected chi connectivity index (χ4v) is 4.67. The average molecular weight is 615 g/mol. The van der Waals surface area contributed by atoms with Crippen LogP contribution in [0.2, 0.25) is 0 Å². The Labute approximate surface area is 235 Å². The van der Waals surface area contributed by atoms with E-state index in [2.05, 4.69) is 48.6 Å². The van der Waals surface area contributed by atoms with E-state index in [4.69, 9.17) is 14.2 Å². The summed E-state index contributed by atoms with van der Waals surface area (Å²) in [5.41, 5.74) is 2.64. The molecule has 0 fully saturated rings. The Balaban J connectivity index is 1.47. The summed E-state index contributed by atoms with van der Waals surface area (Å²) in [7, 11) is 0. The second kappa shape index (κ2) is 16.3. The van der Waals surface area contributed by atoms with E-state index in [-0.39, 0.29) is 12.1 Å². The third kappa shape index (κ3) is 10.0. The monoisotopic (exact) mass is 614 g/mol. The van der Waals surface area contributed by atoms with Gasteiger partial charge in [-0.1, -0.05) is 99.2 Å². The van der Waals surface area contributed by atoms with Crippen molar-refractivity contribution in [1.29, 1.82) is 0 Å². The Morgan fingerprint density at radius 2 is 1.27 bits per heavy atom. The van der Waals surface area contributed by atoms with E-state index >= 15 is 0 Å². The van der Waals surface area contributed by atoms with Crippen LogP contribution in [-0.2, 0) is 0 Å². The third-order valence-electron chi connectivity index (χ3n) is 6.19. The van der Waals surface area contributed by atoms with E-state index in [1.165, 1.54) is 32.1 Å². The number of carbonyl (C=O) groups is 1. The first-order valence-corrected chi connectivity index (χ1v) is 15.0. The highest BCUT2D eigenvalue weighted by Crippen LogP contribution is 2.25. The van der Waals surface area contributed by atoms with Crippen LogP contribution in [0.3, 0.4) is 0 Å². The molecule has 1 atom stereocenters. The van der Waals surface area contributed by atoms with Gasteiger partial charge in [0.15, 0.2) is 0 Å². The van der Waals surface area contributed by atoms with Crippen molar-refractivity contribution < 1.29 is 19.0 Å². The fraction of sp³-hybridized carbons (Fsp3) is 0.406. The van der Waals surface area contributed by atoms with E-state index < -0.39 is 0 Å². The lowest BCUT2D eigenvalue weighted by Gasteiger charge is -2.16. The number of hydrogen-bond donors (Lipinski definition) is 0. The minimum atomic E-state index is -0.384. The molecule has 198 valence electrons. The molecule has 1 unspecified atom stereocenters. The maximum absolute atomic E-state index is 12.6. The van der Waals surface area contributed by atoms with Gasteiger partial charge >= 0.3 is 5.97 Å². The molecule has 3 rings (SSSR count). The van der Waals surface area contributed by atoms with Crippen molar-refractivity contribution in [3.05, 3.63) is 78.4 Å². The molecule has 0 saturated carbocycles. The number of alkyl halides is 1. The van der Waals surface area contributed by atoms with Gasteiger partial charge in [0, 0.05) is 4.43 Å². The minimum Gasteiger partial charge on any atom is -0.494 e. The summed E-state index contributed by atoms with van der Waals surface area (Å²) in [6.07, 6.45) is 9.83. The number of unbranched alkanes of at least 4 members (excludes halogenated alkanes) is 5. The van der Waals surface area contributed by atoms with Crippen LogP contribution in [0.25, 0.3) is 11.1 Å². The fourth-order valence-electron chi connectivity index (χ4n) is 4.05. The smallest absolute Gasteiger partial charge is 0.343 e. The molecule has 0 saturated heterocycles. The van der Waals surface area contributed by atoms with Crippen LogP contribution < -0.4 is 14.2 Å². The quantitative estimate of drug-likeness (QED) is 0.0531. The zero-order valence-corrected chi connectivity index (χ0v) is 24.2. The summed E-state index contributed by atoms with van der Waals surface area (Å²) >= 11 is 2.34. The summed E-state index contributed by atoms with van der Waals surface area (Å²) in [4.78, 5) is 12.6. The molecule has 0 aliphatic rings. The van der Waals surface area contributed by atoms with Crippen LogP contribution >= 0.6 is 22.6 Å². The number of benzene rings is 3. The van der Waals surface area contributed by atoms with Gasteiger partial charge in [-0.3, -0.25) is 0 Å². The van der Waals surface area contributed by atoms with E-state index in [9.17, 15) is 4.79 Å². The number of esters is 1. The number of rotatable bonds is 16. The molecule has 0 N–H and O–H groups in total. The first-order valence-electron chi connectivity index (χ1n) is 13.5. The molecule has 37 heavy (non-hydrogen) atoms. The second-order valence-corrected chi connectivity index (χ2v) is 10.1. The Morgan fingerprint density at radius 1 is 0.703 bits per heavy atom. The van der Waals surface area contributed by atoms with Gasteiger partial charge in [-0.05, 0) is 72.5 Å². The molecule has 0 bridgehead atoms. The predicted octanol–water partition coefficient (Wildman–Crippen LogP) is 9.29. The molecule has 0 aliphatic carbocycles. The van der Waals surface area contributed by atoms with E-state index in [0.717, 1.165) is 52.9 Å². The van der Waals surface area contributed by atoms with E-state index in [1.54, 1.807) is 12.1 Å². The third-order valence-corrected chi connectivity index (χ3v) is 7.18. The van der Waals surface area contributed by atoms with Gasteiger partial charge in [0.25, 0.3) is 0 Å². The van der Waals surface area contributed by atoms with Gasteiger partial charge in [-0.2, -0.15) is 0 Å². The highest BCUT2D eigenvalue weighted by Gasteiger charge is 2.11. The molecular weight excluding hydrogens is 575 g/mol. The Morgan fingerprint density at radius 3 is 1.86 bits per heavy atom. The Kier molecular flexibility index (Phi) is 12.8. The maximum atomic E-state index is 12.6. The molecule has 0 heterocycles. The zero-order valence-electron chi connectivity index (χ0n) is 22.1. The predicted molar refractivity (Wildman–Crippen MR) is 160 cm³/mol. The molecule has 5 heteroatoms. The standard InChI is InChI=1S/C32H39IO4/c1-3-5-6-7-8-9-23-35-28-17-11-25(12-18-28)26-13-19-30(20-14-26)37-32(34)27-15-21-29(22-16-27)36-31(24-33)10-4-2/h11-22,31H,3-10,23-24H2,1-2H3. The topological polar surface area (TPSA) is 44.8 Å². The molecule has 0 aliphatic heterocycles. The van der Waals surface area contributed by atoms with Crippen molar-refractivity contribution in [2.45, 2.75) is 71.3 Å². The molecule has 0 radical (unpaired) electrons. The van der Waals surface area contributed by atoms with Gasteiger partial charge < -0.3 is 14.2 Å². The van der Waals surface area contributed by atoms with Crippen LogP contribution in [0, 0.1) is 0 Å². The molecule has 0 spiro atoms. The number of carbonyl (C=O) groups excluding carboxylic acids is 1. The molecular formula is C32H39IO4. The van der Waals surface area contributed by atoms with Crippen LogP contribution in [-0.4, -0.2) is 23.1 Å². The zero-order chi connectivity index (χ0) is 26.3. The van der Waals surface area contributed by atoms with Gasteiger partial charge in [0.1, 0.15) is 23.4 Å². The maximum Gasteiger partial charge on any atom is 0.343 e. The number of halogens is 1. The van der Waals surface area contributed by atoms with Crippen LogP contribution in [0.5, 0.6) is 17.2 Å². The summed E-state index contributed by atoms with van der Waals surface area (Å²) in [5.74, 6) is 1.80. The largest absolute Gasteiger partial charge is 0.494 e. The summed E-state index contributed by atoms with van der Waals surface area (Å²) in [6.45, 7) is 5.15. The lowest BCUT2D eigenvalue weighted by atomic mass is 10.1. The molecule has 0 amide bonds. The van der Waals surface area contributed by atoms with Gasteiger partial charge in [-0.25, -0.2) is 4.79 Å². The highest BCUT2D eigenvalue weighted by atomic mass is 127. The normalized spacial score (nSPS) is 11.6. The molecule has 4 nitrogen and oxygen atoms in total. The number of hydrogen-bond acceptors (Lipinski definition) is 4. The molecule has 3 aromatic carbocycles. The number of ether oxygens (including phenoxy) is 3. The van der Waals surface area contributed by atoms with Crippen molar-refractivity contribution in [2.24, 2.45) is 0 Å². The SMILES string of the molecule is CCCCCCCCOc1ccc(-c2ccc(OC(=O)c3ccc(OC(CI)CCC)cc3)cc2)cc1. The van der Waals surface area contributed by atoms with Crippen molar-refractivity contribution in [2.75, 3.05) is 11.0 Å². The molecule has 3 aromatic rings. The molecule has 0 aromatic heterocycles. The van der Waals surface area contributed by atoms with Crippen molar-refractivity contribution in [3.63, 3.8) is 0 Å².